The van der Waals surface area contributed by atoms with Crippen molar-refractivity contribution in [2.75, 3.05) is 0 Å². The SMILES string of the molecule is Cc1ccccc1Sc1cccc(F)c1[C@H](C)O. The topological polar surface area (TPSA) is 20.2 Å². The lowest BCUT2D eigenvalue weighted by Gasteiger charge is -2.13. The van der Waals surface area contributed by atoms with Crippen molar-refractivity contribution < 1.29 is 9.50 Å². The number of aryl methyl sites for hydroxylation is 1. The van der Waals surface area contributed by atoms with E-state index in [1.165, 1.54) is 17.8 Å². The summed E-state index contributed by atoms with van der Waals surface area (Å²) in [4.78, 5) is 1.84. The van der Waals surface area contributed by atoms with Crippen molar-refractivity contribution >= 4 is 11.8 Å². The minimum absolute atomic E-state index is 0.358. The molecule has 0 aliphatic carbocycles. The second kappa shape index (κ2) is 5.55. The molecule has 2 aromatic rings. The van der Waals surface area contributed by atoms with Crippen LogP contribution in [-0.2, 0) is 0 Å². The Kier molecular flexibility index (Phi) is 4.04. The molecule has 2 aromatic carbocycles. The minimum atomic E-state index is -0.808. The highest BCUT2D eigenvalue weighted by atomic mass is 32.2. The molecule has 94 valence electrons. The largest absolute Gasteiger partial charge is 0.389 e. The highest BCUT2D eigenvalue weighted by molar-refractivity contribution is 7.99. The molecule has 1 nitrogen and oxygen atoms in total. The van der Waals surface area contributed by atoms with Gasteiger partial charge in [-0.15, -0.1) is 0 Å². The molecule has 0 saturated carbocycles. The second-order valence-corrected chi connectivity index (χ2v) is 5.28. The van der Waals surface area contributed by atoms with Gasteiger partial charge in [0.25, 0.3) is 0 Å². The zero-order valence-electron chi connectivity index (χ0n) is 10.4. The first-order valence-electron chi connectivity index (χ1n) is 5.79. The fourth-order valence-electron chi connectivity index (χ4n) is 1.80. The number of aliphatic hydroxyl groups is 1. The van der Waals surface area contributed by atoms with Crippen molar-refractivity contribution in [3.8, 4) is 0 Å². The van der Waals surface area contributed by atoms with E-state index >= 15 is 0 Å². The van der Waals surface area contributed by atoms with Gasteiger partial charge in [-0.1, -0.05) is 36.0 Å². The summed E-state index contributed by atoms with van der Waals surface area (Å²) in [5.74, 6) is -0.358. The Bertz CT molecular complexity index is 552. The molecule has 2 rings (SSSR count). The van der Waals surface area contributed by atoms with Gasteiger partial charge in [-0.3, -0.25) is 0 Å². The van der Waals surface area contributed by atoms with Crippen LogP contribution in [0.15, 0.2) is 52.3 Å². The summed E-state index contributed by atoms with van der Waals surface area (Å²) in [6.45, 7) is 3.60. The number of hydrogen-bond donors (Lipinski definition) is 1. The van der Waals surface area contributed by atoms with Gasteiger partial charge in [0.1, 0.15) is 5.82 Å². The summed E-state index contributed by atoms with van der Waals surface area (Å²) in [6, 6.07) is 12.8. The number of aliphatic hydroxyl groups excluding tert-OH is 1. The van der Waals surface area contributed by atoms with Crippen molar-refractivity contribution in [1.82, 2.24) is 0 Å². The van der Waals surface area contributed by atoms with E-state index in [-0.39, 0.29) is 5.82 Å². The molecular weight excluding hydrogens is 247 g/mol. The van der Waals surface area contributed by atoms with Crippen LogP contribution in [0.1, 0.15) is 24.2 Å². The van der Waals surface area contributed by atoms with E-state index in [9.17, 15) is 9.50 Å². The van der Waals surface area contributed by atoms with E-state index in [1.807, 2.05) is 37.3 Å². The number of benzene rings is 2. The monoisotopic (exact) mass is 262 g/mol. The molecule has 0 radical (unpaired) electrons. The van der Waals surface area contributed by atoms with Crippen LogP contribution in [0.25, 0.3) is 0 Å². The first-order chi connectivity index (χ1) is 8.59. The molecule has 0 aliphatic heterocycles. The van der Waals surface area contributed by atoms with Gasteiger partial charge in [0.05, 0.1) is 6.10 Å². The maximum Gasteiger partial charge on any atom is 0.130 e. The second-order valence-electron chi connectivity index (χ2n) is 4.20. The Labute approximate surface area is 111 Å². The van der Waals surface area contributed by atoms with Crippen LogP contribution in [0.2, 0.25) is 0 Å². The lowest BCUT2D eigenvalue weighted by atomic mass is 10.1. The molecule has 0 aliphatic rings. The first kappa shape index (κ1) is 13.1. The Morgan fingerprint density at radius 3 is 2.39 bits per heavy atom. The van der Waals surface area contributed by atoms with E-state index in [4.69, 9.17) is 0 Å². The first-order valence-corrected chi connectivity index (χ1v) is 6.61. The van der Waals surface area contributed by atoms with E-state index in [0.717, 1.165) is 15.4 Å². The van der Waals surface area contributed by atoms with Crippen molar-refractivity contribution in [3.63, 3.8) is 0 Å². The highest BCUT2D eigenvalue weighted by Crippen LogP contribution is 2.35. The lowest BCUT2D eigenvalue weighted by molar-refractivity contribution is 0.191. The predicted octanol–water partition coefficient (Wildman–Crippen LogP) is 4.34. The van der Waals surface area contributed by atoms with Crippen LogP contribution in [0.5, 0.6) is 0 Å². The van der Waals surface area contributed by atoms with Gasteiger partial charge in [0.15, 0.2) is 0 Å². The molecule has 0 unspecified atom stereocenters. The van der Waals surface area contributed by atoms with Crippen molar-refractivity contribution in [1.29, 1.82) is 0 Å². The molecule has 0 fully saturated rings. The fraction of sp³-hybridized carbons (Fsp3) is 0.200. The Morgan fingerprint density at radius 2 is 1.72 bits per heavy atom. The van der Waals surface area contributed by atoms with Gasteiger partial charge in [0.2, 0.25) is 0 Å². The quantitative estimate of drug-likeness (QED) is 0.888. The average molecular weight is 262 g/mol. The van der Waals surface area contributed by atoms with E-state index in [0.29, 0.717) is 5.56 Å². The number of halogens is 1. The van der Waals surface area contributed by atoms with Crippen LogP contribution in [0.3, 0.4) is 0 Å². The molecule has 0 amide bonds. The Balaban J connectivity index is 2.41. The summed E-state index contributed by atoms with van der Waals surface area (Å²) in [6.07, 6.45) is -0.808. The molecule has 18 heavy (non-hydrogen) atoms. The number of rotatable bonds is 3. The maximum absolute atomic E-state index is 13.7. The maximum atomic E-state index is 13.7. The Morgan fingerprint density at radius 1 is 1.06 bits per heavy atom. The van der Waals surface area contributed by atoms with Crippen molar-refractivity contribution in [3.05, 3.63) is 59.4 Å². The molecule has 0 spiro atoms. The standard InChI is InChI=1S/C15H15FOS/c1-10-6-3-4-8-13(10)18-14-9-5-7-12(16)15(14)11(2)17/h3-9,11,17H,1-2H3/t11-/m0/s1. The minimum Gasteiger partial charge on any atom is -0.389 e. The van der Waals surface area contributed by atoms with Gasteiger partial charge >= 0.3 is 0 Å². The van der Waals surface area contributed by atoms with Gasteiger partial charge in [0, 0.05) is 15.4 Å². The van der Waals surface area contributed by atoms with E-state index in [2.05, 4.69) is 0 Å². The van der Waals surface area contributed by atoms with Crippen LogP contribution in [0, 0.1) is 12.7 Å². The molecule has 1 N–H and O–H groups in total. The van der Waals surface area contributed by atoms with E-state index < -0.39 is 6.10 Å². The summed E-state index contributed by atoms with van der Waals surface area (Å²) >= 11 is 1.48. The predicted molar refractivity (Wildman–Crippen MR) is 72.3 cm³/mol. The van der Waals surface area contributed by atoms with Crippen LogP contribution in [0.4, 0.5) is 4.39 Å². The third-order valence-corrected chi connectivity index (χ3v) is 4.00. The van der Waals surface area contributed by atoms with E-state index in [1.54, 1.807) is 13.0 Å². The number of hydrogen-bond acceptors (Lipinski definition) is 2. The van der Waals surface area contributed by atoms with Crippen LogP contribution >= 0.6 is 11.8 Å². The zero-order chi connectivity index (χ0) is 13.1. The molecule has 3 heteroatoms. The lowest BCUT2D eigenvalue weighted by Crippen LogP contribution is -1.98. The normalized spacial score (nSPS) is 12.4. The van der Waals surface area contributed by atoms with Gasteiger partial charge in [-0.2, -0.15) is 0 Å². The molecular formula is C15H15FOS. The molecule has 0 bridgehead atoms. The smallest absolute Gasteiger partial charge is 0.130 e. The fourth-order valence-corrected chi connectivity index (χ4v) is 2.94. The molecule has 0 saturated heterocycles. The molecule has 0 heterocycles. The highest BCUT2D eigenvalue weighted by Gasteiger charge is 2.14. The van der Waals surface area contributed by atoms with Crippen LogP contribution < -0.4 is 0 Å². The van der Waals surface area contributed by atoms with Crippen molar-refractivity contribution in [2.45, 2.75) is 29.7 Å². The summed E-state index contributed by atoms with van der Waals surface area (Å²) in [5, 5.41) is 9.68. The summed E-state index contributed by atoms with van der Waals surface area (Å²) in [5.41, 5.74) is 1.51. The zero-order valence-corrected chi connectivity index (χ0v) is 11.2. The van der Waals surface area contributed by atoms with Gasteiger partial charge in [-0.25, -0.2) is 4.39 Å². The summed E-state index contributed by atoms with van der Waals surface area (Å²) in [7, 11) is 0. The van der Waals surface area contributed by atoms with Gasteiger partial charge in [-0.05, 0) is 37.6 Å². The average Bonchev–Trinajstić information content (AvgIpc) is 2.31. The van der Waals surface area contributed by atoms with Crippen LogP contribution in [-0.4, -0.2) is 5.11 Å². The summed E-state index contributed by atoms with van der Waals surface area (Å²) < 4.78 is 13.7. The van der Waals surface area contributed by atoms with Crippen molar-refractivity contribution in [2.24, 2.45) is 0 Å². The Hall–Kier alpha value is -1.32. The molecule has 1 atom stereocenters. The third kappa shape index (κ3) is 2.74. The molecule has 0 aromatic heterocycles. The van der Waals surface area contributed by atoms with Gasteiger partial charge < -0.3 is 5.11 Å². The third-order valence-electron chi connectivity index (χ3n) is 2.74.